The zero-order valence-electron chi connectivity index (χ0n) is 10.6. The van der Waals surface area contributed by atoms with Gasteiger partial charge in [-0.15, -0.1) is 0 Å². The molecule has 1 fully saturated rings. The molecule has 2 atom stereocenters. The molecule has 19 heavy (non-hydrogen) atoms. The summed E-state index contributed by atoms with van der Waals surface area (Å²) in [6, 6.07) is 11.8. The molecular formula is C14H17N3O2. The van der Waals surface area contributed by atoms with Crippen molar-refractivity contribution in [2.24, 2.45) is 5.73 Å². The maximum Gasteiger partial charge on any atom is 0.325 e. The van der Waals surface area contributed by atoms with E-state index in [1.54, 1.807) is 0 Å². The number of rotatable bonds is 4. The van der Waals surface area contributed by atoms with E-state index in [1.165, 1.54) is 0 Å². The van der Waals surface area contributed by atoms with E-state index in [2.05, 4.69) is 6.07 Å². The number of nitrogens with zero attached hydrogens (tertiary/aromatic N) is 2. The van der Waals surface area contributed by atoms with E-state index in [9.17, 15) is 4.79 Å². The Morgan fingerprint density at radius 3 is 2.74 bits per heavy atom. The fourth-order valence-electron chi connectivity index (χ4n) is 2.52. The third-order valence-corrected chi connectivity index (χ3v) is 3.67. The molecule has 1 aliphatic rings. The van der Waals surface area contributed by atoms with Gasteiger partial charge in [0.1, 0.15) is 5.54 Å². The van der Waals surface area contributed by atoms with Crippen molar-refractivity contribution in [3.8, 4) is 6.07 Å². The summed E-state index contributed by atoms with van der Waals surface area (Å²) < 4.78 is 0. The van der Waals surface area contributed by atoms with Crippen molar-refractivity contribution in [1.82, 2.24) is 4.90 Å². The van der Waals surface area contributed by atoms with E-state index >= 15 is 0 Å². The smallest absolute Gasteiger partial charge is 0.325 e. The quantitative estimate of drug-likeness (QED) is 0.845. The molecule has 0 amide bonds. The summed E-state index contributed by atoms with van der Waals surface area (Å²) in [5.74, 6) is -0.973. The molecule has 5 nitrogen and oxygen atoms in total. The number of aliphatic carboxylic acids is 1. The van der Waals surface area contributed by atoms with Crippen LogP contribution in [0.3, 0.4) is 0 Å². The Morgan fingerprint density at radius 2 is 2.21 bits per heavy atom. The van der Waals surface area contributed by atoms with Crippen LogP contribution in [0.15, 0.2) is 30.3 Å². The minimum absolute atomic E-state index is 0.0871. The van der Waals surface area contributed by atoms with Gasteiger partial charge in [-0.1, -0.05) is 30.3 Å². The van der Waals surface area contributed by atoms with Crippen LogP contribution in [-0.2, 0) is 4.79 Å². The van der Waals surface area contributed by atoms with Crippen LogP contribution in [0.25, 0.3) is 0 Å². The van der Waals surface area contributed by atoms with Gasteiger partial charge in [0.15, 0.2) is 0 Å². The first kappa shape index (κ1) is 13.5. The largest absolute Gasteiger partial charge is 0.480 e. The first-order valence-electron chi connectivity index (χ1n) is 6.25. The van der Waals surface area contributed by atoms with Crippen LogP contribution >= 0.6 is 0 Å². The molecule has 1 aliphatic heterocycles. The third-order valence-electron chi connectivity index (χ3n) is 3.67. The zero-order chi connectivity index (χ0) is 13.9. The molecule has 1 aromatic rings. The lowest BCUT2D eigenvalue weighted by Crippen LogP contribution is -2.50. The molecule has 5 heteroatoms. The number of nitrogens with two attached hydrogens (primary N) is 1. The molecule has 3 N–H and O–H groups in total. The lowest BCUT2D eigenvalue weighted by Gasteiger charge is -2.27. The molecule has 0 spiro atoms. The van der Waals surface area contributed by atoms with Crippen LogP contribution in [0.2, 0.25) is 0 Å². The second kappa shape index (κ2) is 5.39. The molecule has 0 aliphatic carbocycles. The van der Waals surface area contributed by atoms with E-state index in [0.717, 1.165) is 5.56 Å². The fourth-order valence-corrected chi connectivity index (χ4v) is 2.52. The van der Waals surface area contributed by atoms with Gasteiger partial charge in [-0.25, -0.2) is 0 Å². The number of likely N-dealkylation sites (tertiary alicyclic amines) is 1. The number of carbonyl (C=O) groups is 1. The summed E-state index contributed by atoms with van der Waals surface area (Å²) in [5.41, 5.74) is 5.71. The van der Waals surface area contributed by atoms with Gasteiger partial charge in [0.25, 0.3) is 0 Å². The second-order valence-electron chi connectivity index (χ2n) is 4.97. The van der Waals surface area contributed by atoms with Gasteiger partial charge in [0.2, 0.25) is 0 Å². The van der Waals surface area contributed by atoms with E-state index in [0.29, 0.717) is 19.4 Å². The van der Waals surface area contributed by atoms with Gasteiger partial charge in [0, 0.05) is 19.1 Å². The van der Waals surface area contributed by atoms with Crippen molar-refractivity contribution in [1.29, 1.82) is 5.26 Å². The van der Waals surface area contributed by atoms with Gasteiger partial charge < -0.3 is 10.8 Å². The lowest BCUT2D eigenvalue weighted by molar-refractivity contribution is -0.142. The van der Waals surface area contributed by atoms with Crippen molar-refractivity contribution < 1.29 is 9.90 Å². The van der Waals surface area contributed by atoms with Gasteiger partial charge in [-0.3, -0.25) is 9.69 Å². The Morgan fingerprint density at radius 1 is 1.53 bits per heavy atom. The average molecular weight is 259 g/mol. The van der Waals surface area contributed by atoms with Crippen LogP contribution in [-0.4, -0.2) is 34.6 Å². The van der Waals surface area contributed by atoms with Crippen LogP contribution in [0.4, 0.5) is 0 Å². The van der Waals surface area contributed by atoms with Crippen molar-refractivity contribution in [3.05, 3.63) is 35.9 Å². The molecule has 1 heterocycles. The van der Waals surface area contributed by atoms with Gasteiger partial charge in [-0.2, -0.15) is 5.26 Å². The monoisotopic (exact) mass is 259 g/mol. The van der Waals surface area contributed by atoms with E-state index < -0.39 is 11.5 Å². The predicted molar refractivity (Wildman–Crippen MR) is 70.2 cm³/mol. The van der Waals surface area contributed by atoms with Crippen LogP contribution < -0.4 is 5.73 Å². The summed E-state index contributed by atoms with van der Waals surface area (Å²) in [7, 11) is 0. The normalized spacial score (nSPS) is 24.8. The number of carboxylic acid groups (broad SMARTS) is 1. The highest BCUT2D eigenvalue weighted by atomic mass is 16.4. The highest BCUT2D eigenvalue weighted by Gasteiger charge is 2.43. The molecular weight excluding hydrogens is 242 g/mol. The number of hydrogen-bond acceptors (Lipinski definition) is 4. The Kier molecular flexibility index (Phi) is 3.84. The number of benzene rings is 1. The third kappa shape index (κ3) is 2.75. The molecule has 0 radical (unpaired) electrons. The van der Waals surface area contributed by atoms with Crippen molar-refractivity contribution in [3.63, 3.8) is 0 Å². The van der Waals surface area contributed by atoms with Gasteiger partial charge in [-0.05, 0) is 12.0 Å². The number of carboxylic acids is 1. The van der Waals surface area contributed by atoms with Gasteiger partial charge >= 0.3 is 5.97 Å². The van der Waals surface area contributed by atoms with Crippen LogP contribution in [0, 0.1) is 11.3 Å². The van der Waals surface area contributed by atoms with E-state index in [1.807, 2.05) is 35.2 Å². The topological polar surface area (TPSA) is 90.4 Å². The van der Waals surface area contributed by atoms with Crippen molar-refractivity contribution in [2.75, 3.05) is 13.1 Å². The standard InChI is InChI=1S/C14H17N3O2/c15-8-6-12(11-4-2-1-3-5-11)17-9-7-14(16,10-17)13(18)19/h1-5,12H,6-7,9-10,16H2,(H,18,19). The molecule has 2 rings (SSSR count). The SMILES string of the molecule is N#CCC(c1ccccc1)N1CCC(N)(C(=O)O)C1. The minimum atomic E-state index is -1.19. The molecule has 100 valence electrons. The zero-order valence-corrected chi connectivity index (χ0v) is 10.6. The fraction of sp³-hybridized carbons (Fsp3) is 0.429. The van der Waals surface area contributed by atoms with Crippen LogP contribution in [0.1, 0.15) is 24.4 Å². The number of hydrogen-bond donors (Lipinski definition) is 2. The maximum absolute atomic E-state index is 11.2. The maximum atomic E-state index is 11.2. The minimum Gasteiger partial charge on any atom is -0.480 e. The Balaban J connectivity index is 2.19. The summed E-state index contributed by atoms with van der Waals surface area (Å²) >= 11 is 0. The van der Waals surface area contributed by atoms with E-state index in [4.69, 9.17) is 16.1 Å². The first-order chi connectivity index (χ1) is 9.07. The summed E-state index contributed by atoms with van der Waals surface area (Å²) in [5, 5.41) is 18.1. The Labute approximate surface area is 112 Å². The van der Waals surface area contributed by atoms with Gasteiger partial charge in [0.05, 0.1) is 12.5 Å². The molecule has 1 saturated heterocycles. The molecule has 1 aromatic carbocycles. The highest BCUT2D eigenvalue weighted by molar-refractivity contribution is 5.79. The predicted octanol–water partition coefficient (Wildman–Crippen LogP) is 1.13. The first-order valence-corrected chi connectivity index (χ1v) is 6.25. The molecule has 0 saturated carbocycles. The summed E-state index contributed by atoms with van der Waals surface area (Å²) in [6.45, 7) is 0.883. The summed E-state index contributed by atoms with van der Waals surface area (Å²) in [4.78, 5) is 13.2. The van der Waals surface area contributed by atoms with Crippen molar-refractivity contribution in [2.45, 2.75) is 24.4 Å². The second-order valence-corrected chi connectivity index (χ2v) is 4.97. The highest BCUT2D eigenvalue weighted by Crippen LogP contribution is 2.30. The Bertz CT molecular complexity index is 497. The lowest BCUT2D eigenvalue weighted by atomic mass is 10.00. The molecule has 0 aromatic heterocycles. The van der Waals surface area contributed by atoms with E-state index in [-0.39, 0.29) is 12.6 Å². The molecule has 2 unspecified atom stereocenters. The number of nitriles is 1. The molecule has 0 bridgehead atoms. The summed E-state index contributed by atoms with van der Waals surface area (Å²) in [6.07, 6.45) is 0.747. The van der Waals surface area contributed by atoms with Crippen LogP contribution in [0.5, 0.6) is 0 Å². The Hall–Kier alpha value is -1.90. The average Bonchev–Trinajstić information content (AvgIpc) is 2.81. The van der Waals surface area contributed by atoms with Crippen molar-refractivity contribution >= 4 is 5.97 Å².